The number of carbonyl (C=O) groups excluding carboxylic acids is 1. The lowest BCUT2D eigenvalue weighted by atomic mass is 10.1. The summed E-state index contributed by atoms with van der Waals surface area (Å²) >= 11 is 0. The highest BCUT2D eigenvalue weighted by atomic mass is 16.5. The van der Waals surface area contributed by atoms with Gasteiger partial charge in [0.05, 0.1) is 25.5 Å². The maximum Gasteiger partial charge on any atom is 0.189 e. The van der Waals surface area contributed by atoms with Crippen LogP contribution in [0.5, 0.6) is 17.2 Å². The van der Waals surface area contributed by atoms with Crippen LogP contribution in [0.1, 0.15) is 27.2 Å². The quantitative estimate of drug-likeness (QED) is 0.424. The van der Waals surface area contributed by atoms with E-state index >= 15 is 0 Å². The van der Waals surface area contributed by atoms with Gasteiger partial charge in [-0.1, -0.05) is 12.1 Å². The van der Waals surface area contributed by atoms with Gasteiger partial charge in [-0.15, -0.1) is 0 Å². The summed E-state index contributed by atoms with van der Waals surface area (Å²) in [6.45, 7) is 2.16. The summed E-state index contributed by atoms with van der Waals surface area (Å²) in [7, 11) is 5.04. The van der Waals surface area contributed by atoms with Crippen molar-refractivity contribution in [3.05, 3.63) is 77.1 Å². The van der Waals surface area contributed by atoms with Crippen molar-refractivity contribution in [2.75, 3.05) is 14.2 Å². The second-order valence-electron chi connectivity index (χ2n) is 6.53. The molecule has 0 saturated heterocycles. The Morgan fingerprint density at radius 2 is 1.79 bits per heavy atom. The van der Waals surface area contributed by atoms with E-state index in [1.54, 1.807) is 44.3 Å². The van der Waals surface area contributed by atoms with Gasteiger partial charge in [-0.2, -0.15) is 5.10 Å². The lowest BCUT2D eigenvalue weighted by Crippen LogP contribution is -1.99. The second kappa shape index (κ2) is 9.10. The van der Waals surface area contributed by atoms with Crippen LogP contribution in [0.3, 0.4) is 0 Å². The first-order valence-electron chi connectivity index (χ1n) is 9.16. The molecule has 0 aliphatic rings. The van der Waals surface area contributed by atoms with Gasteiger partial charge < -0.3 is 14.2 Å². The number of hydrogen-bond acceptors (Lipinski definition) is 5. The third-order valence-corrected chi connectivity index (χ3v) is 4.46. The molecule has 1 heterocycles. The van der Waals surface area contributed by atoms with Crippen LogP contribution in [0.4, 0.5) is 0 Å². The van der Waals surface area contributed by atoms with E-state index in [1.807, 2.05) is 49.4 Å². The minimum absolute atomic E-state index is 0.0811. The standard InChI is InChI=1S/C23H24N2O4/c1-16-21(14-25(2)24-16)22(26)11-5-17-6-12-23(28-4)18(13-17)15-29-20-9-7-19(27-3)8-10-20/h5-14H,15H2,1-4H3/b11-5+. The maximum atomic E-state index is 12.4. The van der Waals surface area contributed by atoms with E-state index in [0.717, 1.165) is 28.4 Å². The Kier molecular flexibility index (Phi) is 6.34. The number of ketones is 1. The molecule has 0 radical (unpaired) electrons. The van der Waals surface area contributed by atoms with Gasteiger partial charge in [0.15, 0.2) is 5.78 Å². The number of rotatable bonds is 8. The Morgan fingerprint density at radius 1 is 1.07 bits per heavy atom. The van der Waals surface area contributed by atoms with Gasteiger partial charge in [0, 0.05) is 18.8 Å². The van der Waals surface area contributed by atoms with Crippen LogP contribution in [-0.2, 0) is 13.7 Å². The van der Waals surface area contributed by atoms with E-state index in [9.17, 15) is 4.79 Å². The highest BCUT2D eigenvalue weighted by molar-refractivity contribution is 6.07. The van der Waals surface area contributed by atoms with Crippen molar-refractivity contribution < 1.29 is 19.0 Å². The van der Waals surface area contributed by atoms with Crippen molar-refractivity contribution in [1.82, 2.24) is 9.78 Å². The largest absolute Gasteiger partial charge is 0.497 e. The molecule has 29 heavy (non-hydrogen) atoms. The number of hydrogen-bond donors (Lipinski definition) is 0. The van der Waals surface area contributed by atoms with E-state index in [-0.39, 0.29) is 5.78 Å². The zero-order valence-electron chi connectivity index (χ0n) is 17.0. The van der Waals surface area contributed by atoms with Crippen molar-refractivity contribution in [2.45, 2.75) is 13.5 Å². The summed E-state index contributed by atoms with van der Waals surface area (Å²) in [4.78, 5) is 12.4. The zero-order valence-corrected chi connectivity index (χ0v) is 17.0. The minimum Gasteiger partial charge on any atom is -0.497 e. The molecule has 0 spiro atoms. The van der Waals surface area contributed by atoms with E-state index in [2.05, 4.69) is 5.10 Å². The molecule has 3 aromatic rings. The molecule has 0 unspecified atom stereocenters. The molecule has 0 N–H and O–H groups in total. The summed E-state index contributed by atoms with van der Waals surface area (Å²) < 4.78 is 18.1. The van der Waals surface area contributed by atoms with Crippen LogP contribution < -0.4 is 14.2 Å². The van der Waals surface area contributed by atoms with Gasteiger partial charge in [-0.25, -0.2) is 0 Å². The summed E-state index contributed by atoms with van der Waals surface area (Å²) in [6, 6.07) is 13.1. The molecule has 3 rings (SSSR count). The third-order valence-electron chi connectivity index (χ3n) is 4.46. The number of aryl methyl sites for hydroxylation is 2. The number of carbonyl (C=O) groups is 1. The fourth-order valence-corrected chi connectivity index (χ4v) is 2.95. The van der Waals surface area contributed by atoms with Gasteiger partial charge >= 0.3 is 0 Å². The van der Waals surface area contributed by atoms with Crippen LogP contribution in [0.25, 0.3) is 6.08 Å². The summed E-state index contributed by atoms with van der Waals surface area (Å²) in [5, 5.41) is 4.21. The number of nitrogens with zero attached hydrogens (tertiary/aromatic N) is 2. The third kappa shape index (κ3) is 5.04. The molecule has 2 aromatic carbocycles. The van der Waals surface area contributed by atoms with Gasteiger partial charge in [0.2, 0.25) is 0 Å². The first-order chi connectivity index (χ1) is 14.0. The predicted octanol–water partition coefficient (Wildman–Crippen LogP) is 4.22. The first kappa shape index (κ1) is 20.2. The number of aromatic nitrogens is 2. The lowest BCUT2D eigenvalue weighted by molar-refractivity contribution is 0.104. The fourth-order valence-electron chi connectivity index (χ4n) is 2.95. The van der Waals surface area contributed by atoms with Gasteiger partial charge in [0.25, 0.3) is 0 Å². The van der Waals surface area contributed by atoms with Crippen LogP contribution >= 0.6 is 0 Å². The van der Waals surface area contributed by atoms with Crippen LogP contribution in [0, 0.1) is 6.92 Å². The number of methoxy groups -OCH3 is 2. The molecule has 0 saturated carbocycles. The lowest BCUT2D eigenvalue weighted by Gasteiger charge is -2.11. The molecular weight excluding hydrogens is 368 g/mol. The molecule has 6 heteroatoms. The van der Waals surface area contributed by atoms with E-state index in [4.69, 9.17) is 14.2 Å². The fraction of sp³-hybridized carbons (Fsp3) is 0.217. The number of allylic oxidation sites excluding steroid dienone is 1. The number of benzene rings is 2. The van der Waals surface area contributed by atoms with E-state index in [1.165, 1.54) is 0 Å². The maximum absolute atomic E-state index is 12.4. The van der Waals surface area contributed by atoms with E-state index in [0.29, 0.717) is 17.9 Å². The Balaban J connectivity index is 1.73. The van der Waals surface area contributed by atoms with Crippen LogP contribution in [0.15, 0.2) is 54.7 Å². The van der Waals surface area contributed by atoms with Gasteiger partial charge in [-0.3, -0.25) is 9.48 Å². The van der Waals surface area contributed by atoms with Gasteiger partial charge in [-0.05, 0) is 55.0 Å². The van der Waals surface area contributed by atoms with Crippen molar-refractivity contribution in [3.63, 3.8) is 0 Å². The summed E-state index contributed by atoms with van der Waals surface area (Å²) in [5.41, 5.74) is 3.08. The highest BCUT2D eigenvalue weighted by Gasteiger charge is 2.10. The molecule has 0 bridgehead atoms. The Hall–Kier alpha value is -3.54. The monoisotopic (exact) mass is 392 g/mol. The Bertz CT molecular complexity index is 1020. The molecule has 0 fully saturated rings. The molecule has 1 aromatic heterocycles. The SMILES string of the molecule is COc1ccc(OCc2cc(/C=C/C(=O)c3cn(C)nc3C)ccc2OC)cc1. The average Bonchev–Trinajstić information content (AvgIpc) is 3.08. The normalized spacial score (nSPS) is 10.9. The molecule has 0 atom stereocenters. The van der Waals surface area contributed by atoms with Gasteiger partial charge in [0.1, 0.15) is 23.9 Å². The molecular formula is C23H24N2O4. The van der Waals surface area contributed by atoms with Crippen molar-refractivity contribution >= 4 is 11.9 Å². The molecule has 0 aliphatic carbocycles. The zero-order chi connectivity index (χ0) is 20.8. The molecule has 6 nitrogen and oxygen atoms in total. The highest BCUT2D eigenvalue weighted by Crippen LogP contribution is 2.24. The Morgan fingerprint density at radius 3 is 2.41 bits per heavy atom. The van der Waals surface area contributed by atoms with E-state index < -0.39 is 0 Å². The minimum atomic E-state index is -0.0811. The topological polar surface area (TPSA) is 62.6 Å². The van der Waals surface area contributed by atoms with Crippen LogP contribution in [0.2, 0.25) is 0 Å². The second-order valence-corrected chi connectivity index (χ2v) is 6.53. The summed E-state index contributed by atoms with van der Waals surface area (Å²) in [6.07, 6.45) is 5.06. The average molecular weight is 392 g/mol. The number of ether oxygens (including phenoxy) is 3. The van der Waals surface area contributed by atoms with Crippen molar-refractivity contribution in [1.29, 1.82) is 0 Å². The summed E-state index contributed by atoms with van der Waals surface area (Å²) in [5.74, 6) is 2.15. The van der Waals surface area contributed by atoms with Crippen molar-refractivity contribution in [2.24, 2.45) is 7.05 Å². The smallest absolute Gasteiger partial charge is 0.189 e. The molecule has 150 valence electrons. The van der Waals surface area contributed by atoms with Crippen molar-refractivity contribution in [3.8, 4) is 17.2 Å². The first-order valence-corrected chi connectivity index (χ1v) is 9.16. The van der Waals surface area contributed by atoms with Crippen LogP contribution in [-0.4, -0.2) is 29.8 Å². The molecule has 0 amide bonds. The Labute approximate surface area is 170 Å². The predicted molar refractivity (Wildman–Crippen MR) is 112 cm³/mol. The molecule has 0 aliphatic heterocycles.